The average Bonchev–Trinajstić information content (AvgIpc) is 3.05. The minimum atomic E-state index is -0.114. The molecule has 1 aliphatic heterocycles. The molecule has 0 saturated carbocycles. The summed E-state index contributed by atoms with van der Waals surface area (Å²) in [6.07, 6.45) is 1.76. The Hall–Kier alpha value is -2.55. The molecule has 1 amide bonds. The highest BCUT2D eigenvalue weighted by Crippen LogP contribution is 2.39. The zero-order valence-electron chi connectivity index (χ0n) is 15.8. The van der Waals surface area contributed by atoms with Crippen LogP contribution < -0.4 is 21.7 Å². The summed E-state index contributed by atoms with van der Waals surface area (Å²) in [6.45, 7) is 6.27. The molecule has 0 unspecified atom stereocenters. The van der Waals surface area contributed by atoms with E-state index in [-0.39, 0.29) is 5.91 Å². The third-order valence-corrected chi connectivity index (χ3v) is 6.32. The van der Waals surface area contributed by atoms with Gasteiger partial charge in [-0.3, -0.25) is 4.79 Å². The fraction of sp³-hybridized carbons (Fsp3) is 0.200. The zero-order chi connectivity index (χ0) is 20.1. The van der Waals surface area contributed by atoms with Crippen molar-refractivity contribution in [3.63, 3.8) is 0 Å². The highest BCUT2D eigenvalue weighted by molar-refractivity contribution is 8.03. The lowest BCUT2D eigenvalue weighted by Gasteiger charge is -2.14. The van der Waals surface area contributed by atoms with Crippen LogP contribution in [0.4, 0.5) is 11.4 Å². The monoisotopic (exact) mass is 413 g/mol. The van der Waals surface area contributed by atoms with Gasteiger partial charge in [-0.2, -0.15) is 0 Å². The number of benzene rings is 1. The van der Waals surface area contributed by atoms with Crippen LogP contribution in [0.15, 0.2) is 52.6 Å². The highest BCUT2D eigenvalue weighted by Gasteiger charge is 2.19. The molecule has 5 N–H and O–H groups in total. The van der Waals surface area contributed by atoms with Gasteiger partial charge in [0.2, 0.25) is 5.91 Å². The second kappa shape index (κ2) is 9.09. The number of nitrogens with one attached hydrogen (secondary N) is 3. The van der Waals surface area contributed by atoms with Crippen molar-refractivity contribution in [1.29, 1.82) is 0 Å². The normalized spacial score (nSPS) is 13.5. The van der Waals surface area contributed by atoms with Gasteiger partial charge in [0.1, 0.15) is 5.82 Å². The van der Waals surface area contributed by atoms with Crippen LogP contribution in [0.5, 0.6) is 0 Å². The molecule has 0 radical (unpaired) electrons. The van der Waals surface area contributed by atoms with Crippen LogP contribution in [0.25, 0.3) is 5.70 Å². The molecule has 1 aliphatic rings. The van der Waals surface area contributed by atoms with Crippen molar-refractivity contribution in [1.82, 2.24) is 5.32 Å². The minimum Gasteiger partial charge on any atom is -0.397 e. The van der Waals surface area contributed by atoms with E-state index in [1.165, 1.54) is 16.7 Å². The molecule has 0 fully saturated rings. The number of carbonyl (C=O) groups is 1. The number of nitrogens with two attached hydrogens (primary N) is 1. The summed E-state index contributed by atoms with van der Waals surface area (Å²) < 4.78 is 0. The molecule has 0 bridgehead atoms. The Morgan fingerprint density at radius 3 is 2.79 bits per heavy atom. The van der Waals surface area contributed by atoms with Gasteiger partial charge in [0.25, 0.3) is 0 Å². The first kappa shape index (κ1) is 20.2. The van der Waals surface area contributed by atoms with Gasteiger partial charge in [-0.1, -0.05) is 12.6 Å². The summed E-state index contributed by atoms with van der Waals surface area (Å²) in [5.74, 6) is 1.27. The summed E-state index contributed by atoms with van der Waals surface area (Å²) in [7, 11) is 1.94. The molecule has 3 rings (SSSR count). The Morgan fingerprint density at radius 2 is 2.07 bits per heavy atom. The highest BCUT2D eigenvalue weighted by atomic mass is 32.2. The van der Waals surface area contributed by atoms with Gasteiger partial charge in [-0.15, -0.1) is 23.1 Å². The van der Waals surface area contributed by atoms with Gasteiger partial charge in [0, 0.05) is 57.0 Å². The molecule has 1 aromatic heterocycles. The lowest BCUT2D eigenvalue weighted by molar-refractivity contribution is -0.114. The zero-order valence-corrected chi connectivity index (χ0v) is 17.5. The molecule has 6 nitrogen and oxygen atoms in total. The van der Waals surface area contributed by atoms with Gasteiger partial charge < -0.3 is 21.7 Å². The first-order chi connectivity index (χ1) is 13.5. The number of aliphatic imine (C=N–C) groups is 1. The van der Waals surface area contributed by atoms with Gasteiger partial charge in [-0.05, 0) is 31.3 Å². The van der Waals surface area contributed by atoms with E-state index in [2.05, 4.69) is 33.6 Å². The predicted octanol–water partition coefficient (Wildman–Crippen LogP) is 3.95. The third kappa shape index (κ3) is 5.03. The number of fused-ring (bicyclic) bond motifs is 1. The summed E-state index contributed by atoms with van der Waals surface area (Å²) in [5.41, 5.74) is 9.74. The van der Waals surface area contributed by atoms with Crippen molar-refractivity contribution in [3.8, 4) is 0 Å². The molecule has 2 heterocycles. The smallest absolute Gasteiger partial charge is 0.221 e. The average molecular weight is 414 g/mol. The van der Waals surface area contributed by atoms with Crippen LogP contribution in [-0.4, -0.2) is 19.2 Å². The predicted molar refractivity (Wildman–Crippen MR) is 121 cm³/mol. The van der Waals surface area contributed by atoms with E-state index in [1.54, 1.807) is 29.3 Å². The van der Waals surface area contributed by atoms with Crippen LogP contribution in [0, 0.1) is 0 Å². The number of amides is 1. The number of thioether (sulfide) groups is 1. The molecule has 28 heavy (non-hydrogen) atoms. The lowest BCUT2D eigenvalue weighted by atomic mass is 10.1. The molecular weight excluding hydrogens is 390 g/mol. The van der Waals surface area contributed by atoms with Crippen molar-refractivity contribution >= 4 is 52.3 Å². The second-order valence-corrected chi connectivity index (χ2v) is 8.48. The van der Waals surface area contributed by atoms with Gasteiger partial charge in [0.05, 0.1) is 5.70 Å². The van der Waals surface area contributed by atoms with Crippen molar-refractivity contribution in [2.45, 2.75) is 19.2 Å². The second-order valence-electron chi connectivity index (χ2n) is 6.24. The molecule has 1 aromatic carbocycles. The van der Waals surface area contributed by atoms with Crippen LogP contribution in [-0.2, 0) is 17.1 Å². The number of hydrogen-bond acceptors (Lipinski definition) is 7. The summed E-state index contributed by atoms with van der Waals surface area (Å²) in [6, 6.07) is 9.54. The number of carbonyl (C=O) groups excluding carboxylic acids is 1. The number of rotatable bonds is 7. The lowest BCUT2D eigenvalue weighted by Crippen LogP contribution is -2.07. The SMILES string of the molecule is C=C(/N=C\C1=C(N)c2cc(CNC)sc2CS1)Nc1cccc(NC(C)=O)c1. The van der Waals surface area contributed by atoms with Crippen LogP contribution in [0.2, 0.25) is 0 Å². The van der Waals surface area contributed by atoms with E-state index in [9.17, 15) is 4.79 Å². The standard InChI is InChI=1S/C20H23N5OS2/c1-12(24-14-5-4-6-15(7-14)25-13(2)26)23-10-18-20(21)17-8-16(9-22-3)28-19(17)11-27-18/h4-8,10,22,24H,1,9,11,21H2,2-3H3,(H,25,26)/b23-10-. The van der Waals surface area contributed by atoms with E-state index < -0.39 is 0 Å². The number of allylic oxidation sites excluding steroid dienone is 1. The van der Waals surface area contributed by atoms with E-state index in [0.29, 0.717) is 11.5 Å². The number of nitrogens with zero attached hydrogens (tertiary/aromatic N) is 1. The molecule has 146 valence electrons. The van der Waals surface area contributed by atoms with Gasteiger partial charge in [0.15, 0.2) is 0 Å². The van der Waals surface area contributed by atoms with Crippen molar-refractivity contribution < 1.29 is 4.79 Å². The summed E-state index contributed by atoms with van der Waals surface area (Å²) in [5, 5.41) is 9.05. The fourth-order valence-corrected chi connectivity index (χ4v) is 4.99. The quantitative estimate of drug-likeness (QED) is 0.516. The molecule has 0 aliphatic carbocycles. The Morgan fingerprint density at radius 1 is 1.32 bits per heavy atom. The third-order valence-electron chi connectivity index (χ3n) is 3.93. The molecular formula is C20H23N5OS2. The fourth-order valence-electron chi connectivity index (χ4n) is 2.75. The van der Waals surface area contributed by atoms with Gasteiger partial charge in [-0.25, -0.2) is 4.99 Å². The van der Waals surface area contributed by atoms with Crippen molar-refractivity contribution in [2.24, 2.45) is 10.7 Å². The molecule has 0 spiro atoms. The first-order valence-corrected chi connectivity index (χ1v) is 10.5. The number of thiophene rings is 1. The maximum atomic E-state index is 11.2. The Balaban J connectivity index is 1.69. The maximum absolute atomic E-state index is 11.2. The molecule has 8 heteroatoms. The van der Waals surface area contributed by atoms with Gasteiger partial charge >= 0.3 is 0 Å². The molecule has 0 atom stereocenters. The summed E-state index contributed by atoms with van der Waals surface area (Å²) >= 11 is 3.48. The van der Waals surface area contributed by atoms with Crippen molar-refractivity contribution in [2.75, 3.05) is 17.7 Å². The number of hydrogen-bond donors (Lipinski definition) is 4. The van der Waals surface area contributed by atoms with E-state index >= 15 is 0 Å². The largest absolute Gasteiger partial charge is 0.397 e. The minimum absolute atomic E-state index is 0.114. The molecule has 2 aromatic rings. The van der Waals surface area contributed by atoms with Crippen LogP contribution in [0.1, 0.15) is 22.2 Å². The van der Waals surface area contributed by atoms with E-state index in [4.69, 9.17) is 5.73 Å². The van der Waals surface area contributed by atoms with E-state index in [0.717, 1.165) is 34.2 Å². The van der Waals surface area contributed by atoms with E-state index in [1.807, 2.05) is 31.3 Å². The van der Waals surface area contributed by atoms with Crippen LogP contribution in [0.3, 0.4) is 0 Å². The topological polar surface area (TPSA) is 91.5 Å². The number of anilines is 2. The molecule has 0 saturated heterocycles. The van der Waals surface area contributed by atoms with Crippen LogP contribution >= 0.6 is 23.1 Å². The Bertz CT molecular complexity index is 961. The maximum Gasteiger partial charge on any atom is 0.221 e. The Labute approximate surface area is 173 Å². The van der Waals surface area contributed by atoms with Crippen molar-refractivity contribution in [3.05, 3.63) is 63.0 Å². The Kier molecular flexibility index (Phi) is 6.56. The summed E-state index contributed by atoms with van der Waals surface area (Å²) in [4.78, 5) is 19.1. The first-order valence-electron chi connectivity index (χ1n) is 8.73.